The third kappa shape index (κ3) is 5.24. The number of amides is 2. The number of rotatable bonds is 7. The lowest BCUT2D eigenvalue weighted by atomic mass is 10.0. The van der Waals surface area contributed by atoms with Crippen LogP contribution in [0.15, 0.2) is 30.3 Å². The topological polar surface area (TPSA) is 96.3 Å². The van der Waals surface area contributed by atoms with Crippen molar-refractivity contribution in [2.24, 2.45) is 0 Å². The highest BCUT2D eigenvalue weighted by Crippen LogP contribution is 2.36. The van der Waals surface area contributed by atoms with Gasteiger partial charge in [-0.15, -0.1) is 0 Å². The minimum Gasteiger partial charge on any atom is -0.481 e. The minimum atomic E-state index is -4.74. The van der Waals surface area contributed by atoms with Crippen molar-refractivity contribution >= 4 is 12.0 Å². The molecular formula is C18H21F3N4O3. The number of urea groups is 1. The number of hydrogen-bond acceptors (Lipinski definition) is 3. The van der Waals surface area contributed by atoms with Gasteiger partial charge in [-0.05, 0) is 32.4 Å². The van der Waals surface area contributed by atoms with Gasteiger partial charge in [-0.25, -0.2) is 9.48 Å². The highest BCUT2D eigenvalue weighted by atomic mass is 19.4. The molecule has 0 bridgehead atoms. The molecule has 7 nitrogen and oxygen atoms in total. The zero-order valence-corrected chi connectivity index (χ0v) is 15.4. The van der Waals surface area contributed by atoms with Gasteiger partial charge in [0.15, 0.2) is 6.04 Å². The molecule has 1 unspecified atom stereocenters. The van der Waals surface area contributed by atoms with Crippen LogP contribution in [0.25, 0.3) is 5.69 Å². The van der Waals surface area contributed by atoms with Crippen LogP contribution in [0.2, 0.25) is 0 Å². The van der Waals surface area contributed by atoms with Crippen LogP contribution in [-0.2, 0) is 4.79 Å². The molecule has 0 fully saturated rings. The smallest absolute Gasteiger partial charge is 0.413 e. The van der Waals surface area contributed by atoms with Gasteiger partial charge in [0.25, 0.3) is 0 Å². The van der Waals surface area contributed by atoms with Crippen LogP contribution >= 0.6 is 0 Å². The van der Waals surface area contributed by atoms with Gasteiger partial charge >= 0.3 is 18.2 Å². The van der Waals surface area contributed by atoms with Crippen molar-refractivity contribution in [3.05, 3.63) is 47.3 Å². The summed E-state index contributed by atoms with van der Waals surface area (Å²) in [7, 11) is 0. The first-order valence-electron chi connectivity index (χ1n) is 8.55. The summed E-state index contributed by atoms with van der Waals surface area (Å²) in [6.07, 6.45) is -4.81. The maximum Gasteiger partial charge on any atom is 0.413 e. The number of para-hydroxylation sites is 1. The number of carbonyl (C=O) groups is 2. The zero-order chi connectivity index (χ0) is 20.9. The first-order valence-corrected chi connectivity index (χ1v) is 8.55. The molecular weight excluding hydrogens is 377 g/mol. The molecule has 28 heavy (non-hydrogen) atoms. The summed E-state index contributed by atoms with van der Waals surface area (Å²) >= 11 is 0. The summed E-state index contributed by atoms with van der Waals surface area (Å²) in [4.78, 5) is 22.4. The number of aliphatic carboxylic acids is 1. The zero-order valence-electron chi connectivity index (χ0n) is 15.4. The van der Waals surface area contributed by atoms with Crippen molar-refractivity contribution in [2.45, 2.75) is 38.9 Å². The number of nitrogens with zero attached hydrogens (tertiary/aromatic N) is 2. The molecule has 0 saturated carbocycles. The molecule has 1 heterocycles. The Balaban J connectivity index is 2.23. The number of alkyl halides is 3. The molecule has 0 radical (unpaired) electrons. The largest absolute Gasteiger partial charge is 0.481 e. The Morgan fingerprint density at radius 1 is 1.21 bits per heavy atom. The molecule has 1 atom stereocenters. The summed E-state index contributed by atoms with van der Waals surface area (Å²) in [6.45, 7) is 2.91. The van der Waals surface area contributed by atoms with E-state index in [1.807, 2.05) is 5.32 Å². The molecule has 1 aromatic heterocycles. The van der Waals surface area contributed by atoms with Gasteiger partial charge in [-0.1, -0.05) is 18.2 Å². The van der Waals surface area contributed by atoms with Crippen LogP contribution in [0, 0.1) is 13.8 Å². The second-order valence-corrected chi connectivity index (χ2v) is 6.20. The number of carbonyl (C=O) groups excluding carboxylic acids is 1. The predicted molar refractivity (Wildman–Crippen MR) is 95.2 cm³/mol. The fourth-order valence-electron chi connectivity index (χ4n) is 2.83. The lowest BCUT2D eigenvalue weighted by Gasteiger charge is -2.22. The van der Waals surface area contributed by atoms with Gasteiger partial charge in [-0.2, -0.15) is 18.3 Å². The van der Waals surface area contributed by atoms with E-state index in [9.17, 15) is 22.8 Å². The third-order valence-electron chi connectivity index (χ3n) is 4.09. The van der Waals surface area contributed by atoms with Crippen molar-refractivity contribution in [2.75, 3.05) is 6.54 Å². The first kappa shape index (κ1) is 21.3. The number of hydrogen-bond donors (Lipinski definition) is 3. The van der Waals surface area contributed by atoms with Crippen LogP contribution in [0.1, 0.15) is 35.8 Å². The van der Waals surface area contributed by atoms with E-state index in [2.05, 4.69) is 10.4 Å². The summed E-state index contributed by atoms with van der Waals surface area (Å²) in [5.41, 5.74) is 0.887. The van der Waals surface area contributed by atoms with Gasteiger partial charge in [0.2, 0.25) is 0 Å². The SMILES string of the molecule is Cc1nn(-c2ccccc2)c(C)c1C(NC(=O)NCCCC(=O)O)C(F)(F)F. The fourth-order valence-corrected chi connectivity index (χ4v) is 2.83. The standard InChI is InChI=1S/C18H21F3N4O3/c1-11-15(12(2)25(24-11)13-7-4-3-5-8-13)16(18(19,20)21)23-17(28)22-10-6-9-14(26)27/h3-5,7-8,16H,6,9-10H2,1-2H3,(H,26,27)(H2,22,23,28). The summed E-state index contributed by atoms with van der Waals surface area (Å²) in [6, 6.07) is 5.43. The second kappa shape index (κ2) is 8.77. The quantitative estimate of drug-likeness (QED) is 0.624. The Morgan fingerprint density at radius 3 is 2.43 bits per heavy atom. The number of aryl methyl sites for hydroxylation is 1. The van der Waals surface area contributed by atoms with Crippen molar-refractivity contribution in [3.63, 3.8) is 0 Å². The molecule has 3 N–H and O–H groups in total. The van der Waals surface area contributed by atoms with Gasteiger partial charge in [-0.3, -0.25) is 4.79 Å². The monoisotopic (exact) mass is 398 g/mol. The molecule has 2 amide bonds. The molecule has 0 aliphatic heterocycles. The van der Waals surface area contributed by atoms with E-state index in [1.165, 1.54) is 18.5 Å². The fraction of sp³-hybridized carbons (Fsp3) is 0.389. The highest BCUT2D eigenvalue weighted by Gasteiger charge is 2.44. The Morgan fingerprint density at radius 2 is 1.86 bits per heavy atom. The second-order valence-electron chi connectivity index (χ2n) is 6.20. The van der Waals surface area contributed by atoms with Crippen LogP contribution in [0.3, 0.4) is 0 Å². The summed E-state index contributed by atoms with van der Waals surface area (Å²) in [5.74, 6) is -1.05. The van der Waals surface area contributed by atoms with Gasteiger partial charge in [0.05, 0.1) is 11.4 Å². The molecule has 0 aliphatic rings. The molecule has 2 aromatic rings. The number of nitrogens with one attached hydrogen (secondary N) is 2. The van der Waals surface area contributed by atoms with Gasteiger partial charge in [0.1, 0.15) is 0 Å². The Kier molecular flexibility index (Phi) is 6.66. The van der Waals surface area contributed by atoms with Crippen LogP contribution in [0.5, 0.6) is 0 Å². The van der Waals surface area contributed by atoms with Crippen molar-refractivity contribution in [3.8, 4) is 5.69 Å². The van der Waals surface area contributed by atoms with E-state index in [4.69, 9.17) is 5.11 Å². The maximum absolute atomic E-state index is 13.7. The molecule has 152 valence electrons. The number of halogens is 3. The average molecular weight is 398 g/mol. The molecule has 0 saturated heterocycles. The normalized spacial score (nSPS) is 12.5. The van der Waals surface area contributed by atoms with E-state index in [-0.39, 0.29) is 36.3 Å². The van der Waals surface area contributed by atoms with E-state index in [0.717, 1.165) is 0 Å². The van der Waals surface area contributed by atoms with Gasteiger partial charge < -0.3 is 15.7 Å². The molecule has 1 aromatic carbocycles. The Bertz CT molecular complexity index is 835. The highest BCUT2D eigenvalue weighted by molar-refractivity contribution is 5.74. The molecule has 0 spiro atoms. The summed E-state index contributed by atoms with van der Waals surface area (Å²) < 4.78 is 42.4. The Labute approximate surface area is 159 Å². The number of benzene rings is 1. The molecule has 2 rings (SSSR count). The van der Waals surface area contributed by atoms with E-state index in [0.29, 0.717) is 5.69 Å². The van der Waals surface area contributed by atoms with Gasteiger partial charge in [0, 0.05) is 24.2 Å². The average Bonchev–Trinajstić information content (AvgIpc) is 2.91. The molecule has 10 heteroatoms. The maximum atomic E-state index is 13.7. The number of carboxylic acids is 1. The van der Waals surface area contributed by atoms with Crippen molar-refractivity contribution < 1.29 is 27.9 Å². The number of aromatic nitrogens is 2. The lowest BCUT2D eigenvalue weighted by molar-refractivity contribution is -0.155. The van der Waals surface area contributed by atoms with E-state index >= 15 is 0 Å². The predicted octanol–water partition coefficient (Wildman–Crippen LogP) is 3.26. The summed E-state index contributed by atoms with van der Waals surface area (Å²) in [5, 5.41) is 16.9. The minimum absolute atomic E-state index is 0.0516. The van der Waals surface area contributed by atoms with E-state index in [1.54, 1.807) is 30.3 Å². The van der Waals surface area contributed by atoms with Crippen molar-refractivity contribution in [1.29, 1.82) is 0 Å². The van der Waals surface area contributed by atoms with Crippen LogP contribution in [-0.4, -0.2) is 39.6 Å². The lowest BCUT2D eigenvalue weighted by Crippen LogP contribution is -2.44. The van der Waals surface area contributed by atoms with E-state index < -0.39 is 24.2 Å². The van der Waals surface area contributed by atoms with Crippen LogP contribution < -0.4 is 10.6 Å². The van der Waals surface area contributed by atoms with Crippen molar-refractivity contribution in [1.82, 2.24) is 20.4 Å². The number of carboxylic acid groups (broad SMARTS) is 1. The van der Waals surface area contributed by atoms with Crippen LogP contribution in [0.4, 0.5) is 18.0 Å². The first-order chi connectivity index (χ1) is 13.1. The molecule has 0 aliphatic carbocycles. The Hall–Kier alpha value is -3.04. The third-order valence-corrected chi connectivity index (χ3v) is 4.09.